The second-order valence-corrected chi connectivity index (χ2v) is 8.10. The average Bonchev–Trinajstić information content (AvgIpc) is 3.08. The molecular weight excluding hydrogens is 456 g/mol. The first-order valence-electron chi connectivity index (χ1n) is 10.4. The quantitative estimate of drug-likeness (QED) is 0.154. The zero-order valence-electron chi connectivity index (χ0n) is 17.7. The molecular formula is C18H32O15. The molecule has 9 N–H and O–H groups in total. The minimum atomic E-state index is -1.71. The van der Waals surface area contributed by atoms with Gasteiger partial charge in [-0.3, -0.25) is 0 Å². The lowest BCUT2D eigenvalue weighted by molar-refractivity contribution is -0.344. The molecule has 33 heavy (non-hydrogen) atoms. The Bertz CT molecular complexity index is 609. The highest BCUT2D eigenvalue weighted by atomic mass is 16.7. The number of rotatable bonds is 8. The van der Waals surface area contributed by atoms with Crippen LogP contribution in [0.25, 0.3) is 0 Å². The maximum Gasteiger partial charge on any atom is 0.187 e. The lowest BCUT2D eigenvalue weighted by atomic mass is 9.98. The van der Waals surface area contributed by atoms with Gasteiger partial charge in [-0.25, -0.2) is 0 Å². The maximum absolute atomic E-state index is 10.7. The summed E-state index contributed by atoms with van der Waals surface area (Å²) in [5, 5.41) is 89.6. The van der Waals surface area contributed by atoms with Crippen molar-refractivity contribution in [3.8, 4) is 0 Å². The third kappa shape index (κ3) is 5.48. The zero-order chi connectivity index (χ0) is 24.4. The minimum absolute atomic E-state index is 0.471. The Morgan fingerprint density at radius 1 is 0.576 bits per heavy atom. The van der Waals surface area contributed by atoms with Gasteiger partial charge in [-0.2, -0.15) is 0 Å². The van der Waals surface area contributed by atoms with Crippen molar-refractivity contribution in [2.45, 2.75) is 86.0 Å². The van der Waals surface area contributed by atoms with Crippen molar-refractivity contribution < 1.29 is 74.4 Å². The molecule has 15 nitrogen and oxygen atoms in total. The van der Waals surface area contributed by atoms with E-state index in [1.54, 1.807) is 0 Å². The molecule has 0 spiro atoms. The van der Waals surface area contributed by atoms with Gasteiger partial charge in [0.2, 0.25) is 0 Å². The third-order valence-corrected chi connectivity index (χ3v) is 5.94. The molecule has 3 aliphatic heterocycles. The van der Waals surface area contributed by atoms with Crippen LogP contribution in [-0.2, 0) is 28.4 Å². The predicted molar refractivity (Wildman–Crippen MR) is 100 cm³/mol. The number of aliphatic hydroxyl groups is 9. The highest BCUT2D eigenvalue weighted by molar-refractivity contribution is 4.94. The largest absolute Gasteiger partial charge is 0.394 e. The second-order valence-electron chi connectivity index (χ2n) is 8.10. The van der Waals surface area contributed by atoms with Crippen LogP contribution in [0.5, 0.6) is 0 Å². The van der Waals surface area contributed by atoms with Crippen LogP contribution in [-0.4, -0.2) is 159 Å². The number of aliphatic hydroxyl groups excluding tert-OH is 9. The number of hydrogen-bond acceptors (Lipinski definition) is 15. The molecule has 3 aliphatic rings. The summed E-state index contributed by atoms with van der Waals surface area (Å²) in [5.41, 5.74) is 0. The summed E-state index contributed by atoms with van der Waals surface area (Å²) in [6.07, 6.45) is -20.6. The maximum atomic E-state index is 10.7. The van der Waals surface area contributed by atoms with E-state index in [0.717, 1.165) is 0 Å². The van der Waals surface area contributed by atoms with Crippen LogP contribution in [0.2, 0.25) is 0 Å². The molecule has 0 aliphatic carbocycles. The van der Waals surface area contributed by atoms with Crippen molar-refractivity contribution in [1.29, 1.82) is 0 Å². The number of hydrogen-bond donors (Lipinski definition) is 9. The lowest BCUT2D eigenvalue weighted by Crippen LogP contribution is -2.62. The van der Waals surface area contributed by atoms with E-state index in [0.29, 0.717) is 0 Å². The minimum Gasteiger partial charge on any atom is -0.394 e. The van der Waals surface area contributed by atoms with Gasteiger partial charge >= 0.3 is 0 Å². The monoisotopic (exact) mass is 488 g/mol. The average molecular weight is 488 g/mol. The van der Waals surface area contributed by atoms with Crippen molar-refractivity contribution >= 4 is 0 Å². The summed E-state index contributed by atoms with van der Waals surface area (Å²) in [5.74, 6) is 0. The number of ether oxygens (including phenoxy) is 6. The predicted octanol–water partition coefficient (Wildman–Crippen LogP) is -6.28. The summed E-state index contributed by atoms with van der Waals surface area (Å²) in [6, 6.07) is 0. The van der Waals surface area contributed by atoms with E-state index in [1.165, 1.54) is 7.11 Å². The molecule has 0 bridgehead atoms. The Morgan fingerprint density at radius 3 is 1.67 bits per heavy atom. The van der Waals surface area contributed by atoms with E-state index >= 15 is 0 Å². The summed E-state index contributed by atoms with van der Waals surface area (Å²) in [4.78, 5) is 0. The fraction of sp³-hybridized carbons (Fsp3) is 1.00. The number of methoxy groups -OCH3 is 1. The van der Waals surface area contributed by atoms with Gasteiger partial charge in [-0.15, -0.1) is 0 Å². The standard InChI is InChI=1S/C18H32O15/c1-28-16-13(26)11(24)9(22)7(32-16)4-29-17-14(27)15(10(23)6(3-20)30-17)33-18-12(25)8(21)5(2-19)31-18/h5-27H,2-4H2,1H3/t5-,6+,7+,8-,9-,10-,11-,12+,13+,14+,15-,16+,17+,18-/m0/s1. The van der Waals surface area contributed by atoms with Gasteiger partial charge in [0.05, 0.1) is 19.8 Å². The van der Waals surface area contributed by atoms with E-state index in [-0.39, 0.29) is 0 Å². The van der Waals surface area contributed by atoms with Crippen LogP contribution in [0, 0.1) is 0 Å². The molecule has 3 saturated heterocycles. The second kappa shape index (κ2) is 11.4. The molecule has 3 rings (SSSR count). The molecule has 0 unspecified atom stereocenters. The van der Waals surface area contributed by atoms with E-state index in [4.69, 9.17) is 28.4 Å². The first kappa shape index (κ1) is 27.0. The van der Waals surface area contributed by atoms with E-state index in [1.807, 2.05) is 0 Å². The van der Waals surface area contributed by atoms with Crippen LogP contribution in [0.15, 0.2) is 0 Å². The van der Waals surface area contributed by atoms with Gasteiger partial charge in [0.15, 0.2) is 18.9 Å². The Kier molecular flexibility index (Phi) is 9.35. The molecule has 0 radical (unpaired) electrons. The molecule has 14 atom stereocenters. The van der Waals surface area contributed by atoms with Crippen molar-refractivity contribution in [2.75, 3.05) is 26.9 Å². The van der Waals surface area contributed by atoms with Gasteiger partial charge in [0, 0.05) is 7.11 Å². The highest BCUT2D eigenvalue weighted by Crippen LogP contribution is 2.30. The van der Waals surface area contributed by atoms with Crippen LogP contribution in [0.3, 0.4) is 0 Å². The van der Waals surface area contributed by atoms with Gasteiger partial charge < -0.3 is 74.4 Å². The van der Waals surface area contributed by atoms with Crippen molar-refractivity contribution in [3.05, 3.63) is 0 Å². The first-order chi connectivity index (χ1) is 15.6. The molecule has 0 amide bonds. The topological polar surface area (TPSA) is 237 Å². The smallest absolute Gasteiger partial charge is 0.187 e. The summed E-state index contributed by atoms with van der Waals surface area (Å²) in [7, 11) is 1.22. The van der Waals surface area contributed by atoms with Gasteiger partial charge in [0.25, 0.3) is 0 Å². The van der Waals surface area contributed by atoms with Crippen molar-refractivity contribution in [3.63, 3.8) is 0 Å². The molecule has 0 aromatic rings. The molecule has 0 aromatic carbocycles. The Labute approximate surface area is 188 Å². The van der Waals surface area contributed by atoms with Crippen LogP contribution in [0.4, 0.5) is 0 Å². The summed E-state index contributed by atoms with van der Waals surface area (Å²) < 4.78 is 31.7. The fourth-order valence-corrected chi connectivity index (χ4v) is 3.92. The summed E-state index contributed by atoms with van der Waals surface area (Å²) in [6.45, 7) is -1.79. The Balaban J connectivity index is 1.66. The van der Waals surface area contributed by atoms with Gasteiger partial charge in [0.1, 0.15) is 67.1 Å². The first-order valence-corrected chi connectivity index (χ1v) is 10.4. The zero-order valence-corrected chi connectivity index (χ0v) is 17.7. The van der Waals surface area contributed by atoms with Crippen molar-refractivity contribution in [1.82, 2.24) is 0 Å². The van der Waals surface area contributed by atoms with E-state index in [2.05, 4.69) is 0 Å². The van der Waals surface area contributed by atoms with Gasteiger partial charge in [-0.1, -0.05) is 0 Å². The van der Waals surface area contributed by atoms with Crippen LogP contribution in [0.1, 0.15) is 0 Å². The molecule has 0 saturated carbocycles. The highest BCUT2D eigenvalue weighted by Gasteiger charge is 2.51. The van der Waals surface area contributed by atoms with Crippen LogP contribution >= 0.6 is 0 Å². The summed E-state index contributed by atoms with van der Waals surface area (Å²) >= 11 is 0. The molecule has 15 heteroatoms. The normalized spacial score (nSPS) is 51.1. The van der Waals surface area contributed by atoms with Crippen molar-refractivity contribution in [2.24, 2.45) is 0 Å². The van der Waals surface area contributed by atoms with E-state index < -0.39 is 106 Å². The molecule has 0 aromatic heterocycles. The van der Waals surface area contributed by atoms with E-state index in [9.17, 15) is 46.0 Å². The Morgan fingerprint density at radius 2 is 1.09 bits per heavy atom. The molecule has 3 fully saturated rings. The SMILES string of the molecule is CO[C@@H]1O[C@H](CO[C@@H]2O[C@H](CO)[C@H](O)[C@H](O[C@@H]3O[C@@H](CO)[C@H](O)[C@H]3O)[C@H]2O)[C@H](O)[C@H](O)[C@H]1O. The van der Waals surface area contributed by atoms with Crippen LogP contribution < -0.4 is 0 Å². The molecule has 3 heterocycles. The van der Waals surface area contributed by atoms with Gasteiger partial charge in [-0.05, 0) is 0 Å². The fourth-order valence-electron chi connectivity index (χ4n) is 3.92. The third-order valence-electron chi connectivity index (χ3n) is 5.94. The Hall–Kier alpha value is -0.600. The molecule has 194 valence electrons. The lowest BCUT2D eigenvalue weighted by Gasteiger charge is -2.44.